The van der Waals surface area contributed by atoms with Crippen molar-refractivity contribution >= 4 is 22.9 Å². The first-order valence-electron chi connectivity index (χ1n) is 7.73. The van der Waals surface area contributed by atoms with E-state index in [9.17, 15) is 4.79 Å². The Bertz CT molecular complexity index is 787. The Hall–Kier alpha value is -2.66. The van der Waals surface area contributed by atoms with Gasteiger partial charge in [-0.2, -0.15) is 0 Å². The van der Waals surface area contributed by atoms with Crippen LogP contribution in [0, 0.1) is 0 Å². The summed E-state index contributed by atoms with van der Waals surface area (Å²) in [6, 6.07) is 15.8. The van der Waals surface area contributed by atoms with E-state index in [1.165, 1.54) is 11.3 Å². The molecule has 0 spiro atoms. The van der Waals surface area contributed by atoms with Gasteiger partial charge < -0.3 is 10.2 Å². The van der Waals surface area contributed by atoms with Crippen molar-refractivity contribution in [3.8, 4) is 0 Å². The van der Waals surface area contributed by atoms with Gasteiger partial charge in [0, 0.05) is 38.2 Å². The number of rotatable bonds is 6. The fraction of sp³-hybridized carbons (Fsp3) is 0.158. The SMILES string of the molecule is CN(Cc1ccccc1NCc1cccnc1)C(=O)c1cccs1. The topological polar surface area (TPSA) is 45.2 Å². The zero-order valence-corrected chi connectivity index (χ0v) is 14.3. The molecule has 122 valence electrons. The summed E-state index contributed by atoms with van der Waals surface area (Å²) < 4.78 is 0. The maximum atomic E-state index is 12.4. The van der Waals surface area contributed by atoms with Crippen molar-refractivity contribution in [3.05, 3.63) is 82.3 Å². The molecule has 2 aromatic heterocycles. The number of hydrogen-bond donors (Lipinski definition) is 1. The summed E-state index contributed by atoms with van der Waals surface area (Å²) >= 11 is 1.47. The normalized spacial score (nSPS) is 10.4. The van der Waals surface area contributed by atoms with E-state index in [1.807, 2.05) is 67.2 Å². The lowest BCUT2D eigenvalue weighted by molar-refractivity contribution is 0.0790. The number of aromatic nitrogens is 1. The van der Waals surface area contributed by atoms with Crippen molar-refractivity contribution in [1.82, 2.24) is 9.88 Å². The Labute approximate surface area is 145 Å². The van der Waals surface area contributed by atoms with Gasteiger partial charge in [0.2, 0.25) is 0 Å². The molecule has 0 aliphatic carbocycles. The lowest BCUT2D eigenvalue weighted by Gasteiger charge is -2.19. The van der Waals surface area contributed by atoms with Gasteiger partial charge in [0.15, 0.2) is 0 Å². The summed E-state index contributed by atoms with van der Waals surface area (Å²) in [6.07, 6.45) is 3.62. The third-order valence-electron chi connectivity index (χ3n) is 3.71. The molecular weight excluding hydrogens is 318 g/mol. The molecular formula is C19H19N3OS. The quantitative estimate of drug-likeness (QED) is 0.739. The van der Waals surface area contributed by atoms with Gasteiger partial charge in [0.1, 0.15) is 0 Å². The predicted molar refractivity (Wildman–Crippen MR) is 98.1 cm³/mol. The van der Waals surface area contributed by atoms with Crippen LogP contribution < -0.4 is 5.32 Å². The average molecular weight is 337 g/mol. The van der Waals surface area contributed by atoms with Gasteiger partial charge in [0.05, 0.1) is 4.88 Å². The lowest BCUT2D eigenvalue weighted by Crippen LogP contribution is -2.25. The Balaban J connectivity index is 1.68. The molecule has 0 radical (unpaired) electrons. The number of amides is 1. The molecule has 0 aliphatic heterocycles. The van der Waals surface area contributed by atoms with Crippen LogP contribution in [0.2, 0.25) is 0 Å². The van der Waals surface area contributed by atoms with Crippen LogP contribution in [-0.2, 0) is 13.1 Å². The summed E-state index contributed by atoms with van der Waals surface area (Å²) in [5.41, 5.74) is 3.25. The first kappa shape index (κ1) is 16.2. The van der Waals surface area contributed by atoms with Crippen LogP contribution in [0.4, 0.5) is 5.69 Å². The molecule has 2 heterocycles. The molecule has 0 saturated heterocycles. The van der Waals surface area contributed by atoms with Crippen molar-refractivity contribution in [2.24, 2.45) is 0 Å². The molecule has 0 fully saturated rings. The first-order chi connectivity index (χ1) is 11.7. The number of nitrogens with one attached hydrogen (secondary N) is 1. The molecule has 24 heavy (non-hydrogen) atoms. The summed E-state index contributed by atoms with van der Waals surface area (Å²) in [5, 5.41) is 5.35. The van der Waals surface area contributed by atoms with Crippen molar-refractivity contribution < 1.29 is 4.79 Å². The Morgan fingerprint density at radius 3 is 2.79 bits per heavy atom. The maximum absolute atomic E-state index is 12.4. The number of para-hydroxylation sites is 1. The molecule has 5 heteroatoms. The van der Waals surface area contributed by atoms with Gasteiger partial charge in [-0.05, 0) is 34.7 Å². The van der Waals surface area contributed by atoms with Gasteiger partial charge >= 0.3 is 0 Å². The van der Waals surface area contributed by atoms with E-state index < -0.39 is 0 Å². The highest BCUT2D eigenvalue weighted by Crippen LogP contribution is 2.19. The number of thiophene rings is 1. The number of carbonyl (C=O) groups is 1. The lowest BCUT2D eigenvalue weighted by atomic mass is 10.1. The monoisotopic (exact) mass is 337 g/mol. The molecule has 0 aliphatic rings. The van der Waals surface area contributed by atoms with E-state index in [1.54, 1.807) is 11.1 Å². The van der Waals surface area contributed by atoms with Crippen LogP contribution in [-0.4, -0.2) is 22.8 Å². The molecule has 0 atom stereocenters. The summed E-state index contributed by atoms with van der Waals surface area (Å²) in [5.74, 6) is 0.0482. The van der Waals surface area contributed by atoms with Gasteiger partial charge in [-0.25, -0.2) is 0 Å². The van der Waals surface area contributed by atoms with Crippen LogP contribution in [0.5, 0.6) is 0 Å². The van der Waals surface area contributed by atoms with E-state index in [-0.39, 0.29) is 5.91 Å². The predicted octanol–water partition coefficient (Wildman–Crippen LogP) is 4.03. The molecule has 0 saturated carbocycles. The smallest absolute Gasteiger partial charge is 0.263 e. The Kier molecular flexibility index (Phi) is 5.23. The van der Waals surface area contributed by atoms with Gasteiger partial charge in [-0.1, -0.05) is 30.3 Å². The summed E-state index contributed by atoms with van der Waals surface area (Å²) in [6.45, 7) is 1.26. The van der Waals surface area contributed by atoms with Gasteiger partial charge in [-0.15, -0.1) is 11.3 Å². The Morgan fingerprint density at radius 2 is 2.04 bits per heavy atom. The highest BCUT2D eigenvalue weighted by atomic mass is 32.1. The number of benzene rings is 1. The maximum Gasteiger partial charge on any atom is 0.263 e. The van der Waals surface area contributed by atoms with Crippen molar-refractivity contribution in [3.63, 3.8) is 0 Å². The molecule has 4 nitrogen and oxygen atoms in total. The zero-order chi connectivity index (χ0) is 16.8. The highest BCUT2D eigenvalue weighted by molar-refractivity contribution is 7.12. The van der Waals surface area contributed by atoms with Crippen molar-refractivity contribution in [2.45, 2.75) is 13.1 Å². The van der Waals surface area contributed by atoms with E-state index in [0.29, 0.717) is 13.1 Å². The van der Waals surface area contributed by atoms with E-state index in [2.05, 4.69) is 10.3 Å². The van der Waals surface area contributed by atoms with Crippen molar-refractivity contribution in [2.75, 3.05) is 12.4 Å². The second kappa shape index (κ2) is 7.75. The van der Waals surface area contributed by atoms with E-state index in [0.717, 1.165) is 21.7 Å². The summed E-state index contributed by atoms with van der Waals surface area (Å²) in [7, 11) is 1.83. The molecule has 1 aromatic carbocycles. The van der Waals surface area contributed by atoms with Crippen molar-refractivity contribution in [1.29, 1.82) is 0 Å². The zero-order valence-electron chi connectivity index (χ0n) is 13.5. The van der Waals surface area contributed by atoms with E-state index in [4.69, 9.17) is 0 Å². The molecule has 0 bridgehead atoms. The number of carbonyl (C=O) groups excluding carboxylic acids is 1. The van der Waals surface area contributed by atoms with Gasteiger partial charge in [-0.3, -0.25) is 9.78 Å². The first-order valence-corrected chi connectivity index (χ1v) is 8.61. The van der Waals surface area contributed by atoms with Crippen LogP contribution in [0.15, 0.2) is 66.3 Å². The third-order valence-corrected chi connectivity index (χ3v) is 4.57. The fourth-order valence-electron chi connectivity index (χ4n) is 2.45. The van der Waals surface area contributed by atoms with Crippen LogP contribution in [0.1, 0.15) is 20.8 Å². The second-order valence-electron chi connectivity index (χ2n) is 5.51. The largest absolute Gasteiger partial charge is 0.381 e. The molecule has 3 aromatic rings. The second-order valence-corrected chi connectivity index (χ2v) is 6.46. The van der Waals surface area contributed by atoms with Crippen LogP contribution >= 0.6 is 11.3 Å². The van der Waals surface area contributed by atoms with E-state index >= 15 is 0 Å². The molecule has 0 unspecified atom stereocenters. The number of hydrogen-bond acceptors (Lipinski definition) is 4. The Morgan fingerprint density at radius 1 is 1.17 bits per heavy atom. The van der Waals surface area contributed by atoms with Crippen LogP contribution in [0.3, 0.4) is 0 Å². The standard InChI is InChI=1S/C19H19N3OS/c1-22(19(23)18-9-5-11-24-18)14-16-7-2-3-8-17(16)21-13-15-6-4-10-20-12-15/h2-12,21H,13-14H2,1H3. The van der Waals surface area contributed by atoms with Crippen LogP contribution in [0.25, 0.3) is 0 Å². The third kappa shape index (κ3) is 4.00. The number of nitrogens with zero attached hydrogens (tertiary/aromatic N) is 2. The highest BCUT2D eigenvalue weighted by Gasteiger charge is 2.14. The number of anilines is 1. The minimum atomic E-state index is 0.0482. The number of pyridine rings is 1. The summed E-state index contributed by atoms with van der Waals surface area (Å²) in [4.78, 5) is 19.0. The molecule has 1 N–H and O–H groups in total. The minimum Gasteiger partial charge on any atom is -0.381 e. The molecule has 1 amide bonds. The minimum absolute atomic E-state index is 0.0482. The van der Waals surface area contributed by atoms with Gasteiger partial charge in [0.25, 0.3) is 5.91 Å². The molecule has 3 rings (SSSR count). The average Bonchev–Trinajstić information content (AvgIpc) is 3.16. The fourth-order valence-corrected chi connectivity index (χ4v) is 3.16.